The average Bonchev–Trinajstić information content (AvgIpc) is 2.57. The molecule has 0 fully saturated rings. The van der Waals surface area contributed by atoms with Gasteiger partial charge in [0.05, 0.1) is 0 Å². The standard InChI is InChI=1S/C18H37NOS3/c1-4-6-8-10-12-14-16-22-19(18(20)21-3)23-17-15-13-11-9-7-5-2/h4-17H2,1-3H3. The zero-order chi connectivity index (χ0) is 17.2. The highest BCUT2D eigenvalue weighted by molar-refractivity contribution is 8.19. The van der Waals surface area contributed by atoms with Crippen molar-refractivity contribution in [1.82, 2.24) is 3.71 Å². The summed E-state index contributed by atoms with van der Waals surface area (Å²) in [5, 5.41) is 0.192. The Morgan fingerprint density at radius 1 is 0.696 bits per heavy atom. The smallest absolute Gasteiger partial charge is 0.260 e. The Bertz CT molecular complexity index is 247. The maximum atomic E-state index is 12.0. The molecule has 0 atom stereocenters. The normalized spacial score (nSPS) is 10.9. The van der Waals surface area contributed by atoms with Gasteiger partial charge in [0.1, 0.15) is 0 Å². The van der Waals surface area contributed by atoms with Crippen molar-refractivity contribution >= 4 is 40.9 Å². The van der Waals surface area contributed by atoms with Crippen LogP contribution in [-0.2, 0) is 0 Å². The van der Waals surface area contributed by atoms with Gasteiger partial charge in [0.25, 0.3) is 0 Å². The molecule has 0 heterocycles. The van der Waals surface area contributed by atoms with Crippen LogP contribution in [0.4, 0.5) is 4.79 Å². The van der Waals surface area contributed by atoms with Crippen LogP contribution in [0.15, 0.2) is 0 Å². The first kappa shape index (κ1) is 23.5. The molecule has 2 nitrogen and oxygen atoms in total. The van der Waals surface area contributed by atoms with Gasteiger partial charge in [-0.15, -0.1) is 0 Å². The van der Waals surface area contributed by atoms with Gasteiger partial charge in [-0.1, -0.05) is 89.8 Å². The number of carbonyl (C=O) groups excluding carboxylic acids is 1. The summed E-state index contributed by atoms with van der Waals surface area (Å²) in [6.45, 7) is 4.51. The summed E-state index contributed by atoms with van der Waals surface area (Å²) < 4.78 is 1.92. The topological polar surface area (TPSA) is 20.3 Å². The molecule has 0 aromatic carbocycles. The lowest BCUT2D eigenvalue weighted by atomic mass is 10.1. The van der Waals surface area contributed by atoms with Crippen molar-refractivity contribution in [1.29, 1.82) is 0 Å². The van der Waals surface area contributed by atoms with E-state index in [0.29, 0.717) is 0 Å². The molecule has 0 N–H and O–H groups in total. The number of thioether (sulfide) groups is 1. The van der Waals surface area contributed by atoms with Crippen molar-refractivity contribution in [3.63, 3.8) is 0 Å². The third-order valence-corrected chi connectivity index (χ3v) is 6.88. The van der Waals surface area contributed by atoms with Crippen molar-refractivity contribution in [3.8, 4) is 0 Å². The van der Waals surface area contributed by atoms with E-state index in [2.05, 4.69) is 13.8 Å². The number of hydrogen-bond donors (Lipinski definition) is 0. The second-order valence-electron chi connectivity index (χ2n) is 5.93. The summed E-state index contributed by atoms with van der Waals surface area (Å²) in [6.07, 6.45) is 17.7. The van der Waals surface area contributed by atoms with E-state index >= 15 is 0 Å². The number of rotatable bonds is 16. The first-order valence-corrected chi connectivity index (χ1v) is 12.5. The molecule has 138 valence electrons. The molecule has 0 aromatic rings. The van der Waals surface area contributed by atoms with Gasteiger partial charge in [0, 0.05) is 11.5 Å². The van der Waals surface area contributed by atoms with E-state index in [1.165, 1.54) is 88.8 Å². The van der Waals surface area contributed by atoms with Crippen LogP contribution in [-0.4, -0.2) is 26.7 Å². The molecular formula is C18H37NOS3. The number of hydrogen-bond acceptors (Lipinski definition) is 4. The largest absolute Gasteiger partial charge is 0.301 e. The van der Waals surface area contributed by atoms with E-state index in [1.807, 2.05) is 9.97 Å². The molecule has 0 bridgehead atoms. The average molecular weight is 380 g/mol. The predicted octanol–water partition coefficient (Wildman–Crippen LogP) is 7.79. The fraction of sp³-hybridized carbons (Fsp3) is 0.944. The van der Waals surface area contributed by atoms with Gasteiger partial charge in [-0.25, -0.2) is 3.71 Å². The molecule has 0 aliphatic carbocycles. The minimum Gasteiger partial charge on any atom is -0.260 e. The number of carbonyl (C=O) groups is 1. The molecule has 1 amide bonds. The van der Waals surface area contributed by atoms with Crippen molar-refractivity contribution in [2.75, 3.05) is 17.8 Å². The van der Waals surface area contributed by atoms with Gasteiger partial charge >= 0.3 is 5.24 Å². The van der Waals surface area contributed by atoms with Crippen LogP contribution in [0, 0.1) is 0 Å². The van der Waals surface area contributed by atoms with Gasteiger partial charge in [-0.3, -0.25) is 4.79 Å². The number of nitrogens with zero attached hydrogens (tertiary/aromatic N) is 1. The van der Waals surface area contributed by atoms with Crippen LogP contribution in [0.2, 0.25) is 0 Å². The SMILES string of the molecule is CCCCCCCCSN(SCCCCCCCC)C(=O)SC. The molecule has 5 heteroatoms. The summed E-state index contributed by atoms with van der Waals surface area (Å²) in [5.74, 6) is 2.14. The van der Waals surface area contributed by atoms with Crippen LogP contribution in [0.25, 0.3) is 0 Å². The van der Waals surface area contributed by atoms with E-state index in [-0.39, 0.29) is 5.24 Å². The Morgan fingerprint density at radius 3 is 1.48 bits per heavy atom. The molecule has 0 unspecified atom stereocenters. The quantitative estimate of drug-likeness (QED) is 0.201. The second kappa shape index (κ2) is 18.9. The summed E-state index contributed by atoms with van der Waals surface area (Å²) in [7, 11) is 0. The van der Waals surface area contributed by atoms with Crippen LogP contribution >= 0.6 is 35.7 Å². The van der Waals surface area contributed by atoms with Gasteiger partial charge in [0.2, 0.25) is 0 Å². The molecule has 0 radical (unpaired) electrons. The molecule has 0 aliphatic heterocycles. The van der Waals surface area contributed by atoms with Gasteiger partial charge in [0.15, 0.2) is 0 Å². The van der Waals surface area contributed by atoms with Crippen molar-refractivity contribution in [2.24, 2.45) is 0 Å². The molecule has 0 rings (SSSR count). The highest BCUT2D eigenvalue weighted by Gasteiger charge is 2.13. The van der Waals surface area contributed by atoms with Crippen molar-refractivity contribution < 1.29 is 4.79 Å². The van der Waals surface area contributed by atoms with Gasteiger partial charge in [-0.2, -0.15) is 0 Å². The Morgan fingerprint density at radius 2 is 1.09 bits per heavy atom. The summed E-state index contributed by atoms with van der Waals surface area (Å²) >= 11 is 4.76. The Hall–Kier alpha value is 0.520. The summed E-state index contributed by atoms with van der Waals surface area (Å²) in [4.78, 5) is 12.0. The van der Waals surface area contributed by atoms with Crippen LogP contribution < -0.4 is 0 Å². The number of amides is 1. The van der Waals surface area contributed by atoms with E-state index in [9.17, 15) is 4.79 Å². The third kappa shape index (κ3) is 15.8. The van der Waals surface area contributed by atoms with E-state index in [1.54, 1.807) is 23.9 Å². The molecule has 0 aromatic heterocycles. The van der Waals surface area contributed by atoms with E-state index < -0.39 is 0 Å². The Kier molecular flexibility index (Phi) is 19.3. The molecular weight excluding hydrogens is 342 g/mol. The highest BCUT2D eigenvalue weighted by Crippen LogP contribution is 2.28. The monoisotopic (exact) mass is 379 g/mol. The lowest BCUT2D eigenvalue weighted by Crippen LogP contribution is -2.13. The van der Waals surface area contributed by atoms with E-state index in [0.717, 1.165) is 11.5 Å². The highest BCUT2D eigenvalue weighted by atomic mass is 32.2. The predicted molar refractivity (Wildman–Crippen MR) is 112 cm³/mol. The first-order chi connectivity index (χ1) is 11.3. The number of unbranched alkanes of at least 4 members (excludes halogenated alkanes) is 10. The maximum absolute atomic E-state index is 12.0. The fourth-order valence-electron chi connectivity index (χ4n) is 2.28. The first-order valence-electron chi connectivity index (χ1n) is 9.40. The molecule has 0 aliphatic rings. The minimum atomic E-state index is 0.192. The maximum Gasteiger partial charge on any atom is 0.301 e. The zero-order valence-corrected chi connectivity index (χ0v) is 17.9. The van der Waals surface area contributed by atoms with Crippen LogP contribution in [0.5, 0.6) is 0 Å². The third-order valence-electron chi connectivity index (χ3n) is 3.74. The lowest BCUT2D eigenvalue weighted by molar-refractivity contribution is 0.259. The van der Waals surface area contributed by atoms with Gasteiger partial charge in [-0.05, 0) is 43.0 Å². The lowest BCUT2D eigenvalue weighted by Gasteiger charge is -2.18. The van der Waals surface area contributed by atoms with Crippen LogP contribution in [0.3, 0.4) is 0 Å². The summed E-state index contributed by atoms with van der Waals surface area (Å²) in [5.41, 5.74) is 0. The molecule has 0 saturated heterocycles. The van der Waals surface area contributed by atoms with Gasteiger partial charge < -0.3 is 0 Å². The second-order valence-corrected chi connectivity index (χ2v) is 8.98. The molecule has 23 heavy (non-hydrogen) atoms. The molecule has 0 spiro atoms. The molecule has 0 saturated carbocycles. The van der Waals surface area contributed by atoms with Crippen molar-refractivity contribution in [2.45, 2.75) is 90.9 Å². The zero-order valence-electron chi connectivity index (χ0n) is 15.5. The van der Waals surface area contributed by atoms with Crippen LogP contribution in [0.1, 0.15) is 90.9 Å². The van der Waals surface area contributed by atoms with E-state index in [4.69, 9.17) is 0 Å². The Labute approximate surface area is 158 Å². The van der Waals surface area contributed by atoms with Crippen molar-refractivity contribution in [3.05, 3.63) is 0 Å². The Balaban J connectivity index is 3.67. The minimum absolute atomic E-state index is 0.192. The fourth-order valence-corrected chi connectivity index (χ4v) is 5.14. The summed E-state index contributed by atoms with van der Waals surface area (Å²) in [6, 6.07) is 0.